The van der Waals surface area contributed by atoms with Gasteiger partial charge in [-0.1, -0.05) is 30.3 Å². The SMILES string of the molecule is Cc1nc(-c2cnn(C)c2)sc1C(=O)N1CC(O)CC1c1ccccc1. The smallest absolute Gasteiger partial charge is 0.266 e. The molecule has 2 aromatic heterocycles. The number of carbonyl (C=O) groups excluding carboxylic acids is 1. The highest BCUT2D eigenvalue weighted by Crippen LogP contribution is 2.36. The van der Waals surface area contributed by atoms with E-state index in [1.54, 1.807) is 15.8 Å². The summed E-state index contributed by atoms with van der Waals surface area (Å²) in [5.41, 5.74) is 2.67. The van der Waals surface area contributed by atoms with Crippen molar-refractivity contribution in [1.29, 1.82) is 0 Å². The van der Waals surface area contributed by atoms with E-state index >= 15 is 0 Å². The van der Waals surface area contributed by atoms with Crippen LogP contribution in [0.5, 0.6) is 0 Å². The maximum Gasteiger partial charge on any atom is 0.266 e. The van der Waals surface area contributed by atoms with Crippen LogP contribution in [0.15, 0.2) is 42.7 Å². The van der Waals surface area contributed by atoms with Crippen molar-refractivity contribution >= 4 is 17.2 Å². The van der Waals surface area contributed by atoms with Crippen LogP contribution in [0.1, 0.15) is 33.4 Å². The van der Waals surface area contributed by atoms with Gasteiger partial charge in [0.1, 0.15) is 9.88 Å². The molecule has 1 aliphatic heterocycles. The van der Waals surface area contributed by atoms with Crippen LogP contribution >= 0.6 is 11.3 Å². The van der Waals surface area contributed by atoms with Crippen LogP contribution < -0.4 is 0 Å². The van der Waals surface area contributed by atoms with E-state index < -0.39 is 6.10 Å². The number of likely N-dealkylation sites (tertiary alicyclic amines) is 1. The van der Waals surface area contributed by atoms with Gasteiger partial charge in [0, 0.05) is 25.4 Å². The summed E-state index contributed by atoms with van der Waals surface area (Å²) < 4.78 is 1.72. The van der Waals surface area contributed by atoms with Crippen molar-refractivity contribution in [3.63, 3.8) is 0 Å². The van der Waals surface area contributed by atoms with Gasteiger partial charge in [-0.15, -0.1) is 11.3 Å². The van der Waals surface area contributed by atoms with Crippen molar-refractivity contribution in [3.8, 4) is 10.6 Å². The molecule has 1 saturated heterocycles. The summed E-state index contributed by atoms with van der Waals surface area (Å²) in [5.74, 6) is -0.0689. The monoisotopic (exact) mass is 368 g/mol. The Balaban J connectivity index is 1.65. The van der Waals surface area contributed by atoms with Crippen molar-refractivity contribution in [2.75, 3.05) is 6.54 Å². The van der Waals surface area contributed by atoms with E-state index in [4.69, 9.17) is 0 Å². The highest BCUT2D eigenvalue weighted by molar-refractivity contribution is 7.17. The van der Waals surface area contributed by atoms with Crippen LogP contribution in [0.25, 0.3) is 10.6 Å². The number of aromatic nitrogens is 3. The second-order valence-electron chi connectivity index (χ2n) is 6.61. The molecule has 1 aliphatic rings. The fourth-order valence-electron chi connectivity index (χ4n) is 3.41. The Hall–Kier alpha value is -2.51. The maximum absolute atomic E-state index is 13.2. The zero-order valence-electron chi connectivity index (χ0n) is 14.7. The lowest BCUT2D eigenvalue weighted by Gasteiger charge is -2.24. The molecule has 0 spiro atoms. The fraction of sp³-hybridized carbons (Fsp3) is 0.316. The summed E-state index contributed by atoms with van der Waals surface area (Å²) in [4.78, 5) is 20.2. The molecule has 3 heterocycles. The summed E-state index contributed by atoms with van der Waals surface area (Å²) in [7, 11) is 1.85. The van der Waals surface area contributed by atoms with Crippen molar-refractivity contribution in [2.45, 2.75) is 25.5 Å². The number of amides is 1. The molecule has 1 N–H and O–H groups in total. The zero-order chi connectivity index (χ0) is 18.3. The van der Waals surface area contributed by atoms with Crippen LogP contribution in [0.2, 0.25) is 0 Å². The summed E-state index contributed by atoms with van der Waals surface area (Å²) in [6.45, 7) is 2.20. The standard InChI is InChI=1S/C19H20N4O2S/c1-12-17(26-18(21-12)14-9-20-22(2)10-14)19(25)23-11-15(24)8-16(23)13-6-4-3-5-7-13/h3-7,9-10,15-16,24H,8,11H2,1-2H3. The zero-order valence-corrected chi connectivity index (χ0v) is 15.5. The topological polar surface area (TPSA) is 71.2 Å². The average molecular weight is 368 g/mol. The number of aliphatic hydroxyl groups excluding tert-OH is 1. The van der Waals surface area contributed by atoms with Gasteiger partial charge in [-0.2, -0.15) is 5.10 Å². The molecule has 0 bridgehead atoms. The van der Waals surface area contributed by atoms with Crippen molar-refractivity contribution in [1.82, 2.24) is 19.7 Å². The molecule has 134 valence electrons. The van der Waals surface area contributed by atoms with Gasteiger partial charge in [0.25, 0.3) is 5.91 Å². The molecule has 0 saturated carbocycles. The maximum atomic E-state index is 13.2. The second kappa shape index (κ2) is 6.66. The van der Waals surface area contributed by atoms with E-state index in [2.05, 4.69) is 10.1 Å². The number of benzene rings is 1. The van der Waals surface area contributed by atoms with E-state index in [-0.39, 0.29) is 11.9 Å². The molecule has 0 aliphatic carbocycles. The molecule has 6 nitrogen and oxygen atoms in total. The van der Waals surface area contributed by atoms with Crippen LogP contribution in [-0.4, -0.2) is 43.3 Å². The van der Waals surface area contributed by atoms with Crippen LogP contribution in [0.4, 0.5) is 0 Å². The Morgan fingerprint density at radius 2 is 2.08 bits per heavy atom. The summed E-state index contributed by atoms with van der Waals surface area (Å²) in [5, 5.41) is 15.1. The van der Waals surface area contributed by atoms with Gasteiger partial charge in [-0.25, -0.2) is 4.98 Å². The largest absolute Gasteiger partial charge is 0.391 e. The van der Waals surface area contributed by atoms with Gasteiger partial charge in [0.15, 0.2) is 0 Å². The Labute approximate surface area is 155 Å². The minimum absolute atomic E-state index is 0.0689. The molecule has 1 fully saturated rings. The second-order valence-corrected chi connectivity index (χ2v) is 7.61. The Kier molecular flexibility index (Phi) is 4.34. The first-order valence-corrected chi connectivity index (χ1v) is 9.35. The predicted molar refractivity (Wildman–Crippen MR) is 99.9 cm³/mol. The lowest BCUT2D eigenvalue weighted by Crippen LogP contribution is -2.31. The molecular formula is C19H20N4O2S. The number of rotatable bonds is 3. The Morgan fingerprint density at radius 3 is 2.77 bits per heavy atom. The summed E-state index contributed by atoms with van der Waals surface area (Å²) in [6, 6.07) is 9.77. The number of carbonyl (C=O) groups is 1. The number of aliphatic hydroxyl groups is 1. The minimum atomic E-state index is -0.504. The van der Waals surface area contributed by atoms with Gasteiger partial charge in [-0.05, 0) is 18.9 Å². The lowest BCUT2D eigenvalue weighted by molar-refractivity contribution is 0.0719. The van der Waals surface area contributed by atoms with Gasteiger partial charge in [-0.3, -0.25) is 9.48 Å². The van der Waals surface area contributed by atoms with Gasteiger partial charge >= 0.3 is 0 Å². The van der Waals surface area contributed by atoms with Crippen LogP contribution in [0, 0.1) is 6.92 Å². The molecule has 2 unspecified atom stereocenters. The number of nitrogens with zero attached hydrogens (tertiary/aromatic N) is 4. The number of hydrogen-bond acceptors (Lipinski definition) is 5. The number of thiazole rings is 1. The third kappa shape index (κ3) is 3.04. The van der Waals surface area contributed by atoms with E-state index in [1.807, 2.05) is 50.5 Å². The molecule has 4 rings (SSSR count). The third-order valence-corrected chi connectivity index (χ3v) is 5.86. The van der Waals surface area contributed by atoms with Gasteiger partial charge in [0.05, 0.1) is 24.0 Å². The van der Waals surface area contributed by atoms with Crippen LogP contribution in [0.3, 0.4) is 0 Å². The van der Waals surface area contributed by atoms with E-state index in [9.17, 15) is 9.90 Å². The average Bonchev–Trinajstić information content (AvgIpc) is 3.33. The number of aryl methyl sites for hydroxylation is 2. The quantitative estimate of drug-likeness (QED) is 0.772. The normalized spacial score (nSPS) is 19.9. The summed E-state index contributed by atoms with van der Waals surface area (Å²) in [6.07, 6.45) is 3.69. The number of β-amino-alcohol motifs (C(OH)–C–C–N with tert-alkyl or cyclic N) is 1. The lowest BCUT2D eigenvalue weighted by atomic mass is 10.0. The first-order valence-electron chi connectivity index (χ1n) is 8.53. The fourth-order valence-corrected chi connectivity index (χ4v) is 4.41. The predicted octanol–water partition coefficient (Wildman–Crippen LogP) is 2.80. The molecule has 7 heteroatoms. The Bertz CT molecular complexity index is 934. The third-order valence-electron chi connectivity index (χ3n) is 4.67. The van der Waals surface area contributed by atoms with Gasteiger partial charge < -0.3 is 10.0 Å². The molecular weight excluding hydrogens is 348 g/mol. The molecule has 1 aromatic carbocycles. The molecule has 3 aromatic rings. The number of hydrogen-bond donors (Lipinski definition) is 1. The van der Waals surface area contributed by atoms with Crippen molar-refractivity contribution < 1.29 is 9.90 Å². The van der Waals surface area contributed by atoms with Crippen molar-refractivity contribution in [3.05, 3.63) is 58.9 Å². The van der Waals surface area contributed by atoms with E-state index in [1.165, 1.54) is 11.3 Å². The summed E-state index contributed by atoms with van der Waals surface area (Å²) >= 11 is 1.38. The highest BCUT2D eigenvalue weighted by Gasteiger charge is 2.37. The highest BCUT2D eigenvalue weighted by atomic mass is 32.1. The molecule has 0 radical (unpaired) electrons. The van der Waals surface area contributed by atoms with Crippen LogP contribution in [-0.2, 0) is 7.05 Å². The first-order chi connectivity index (χ1) is 12.5. The van der Waals surface area contributed by atoms with Gasteiger partial charge in [0.2, 0.25) is 0 Å². The molecule has 2 atom stereocenters. The van der Waals surface area contributed by atoms with E-state index in [0.29, 0.717) is 23.5 Å². The van der Waals surface area contributed by atoms with E-state index in [0.717, 1.165) is 16.1 Å². The molecule has 1 amide bonds. The molecule has 26 heavy (non-hydrogen) atoms. The minimum Gasteiger partial charge on any atom is -0.391 e. The van der Waals surface area contributed by atoms with Crippen molar-refractivity contribution in [2.24, 2.45) is 7.05 Å². The first kappa shape index (κ1) is 16.9. The Morgan fingerprint density at radius 1 is 1.31 bits per heavy atom.